The van der Waals surface area contributed by atoms with Gasteiger partial charge in [0.15, 0.2) is 10.9 Å². The number of thiazole rings is 1. The van der Waals surface area contributed by atoms with Crippen molar-refractivity contribution in [1.82, 2.24) is 4.98 Å². The molecule has 5 nitrogen and oxygen atoms in total. The molecule has 5 rings (SSSR count). The lowest BCUT2D eigenvalue weighted by Crippen LogP contribution is -2.37. The van der Waals surface area contributed by atoms with Gasteiger partial charge in [-0.15, -0.1) is 0 Å². The number of hydrogen-bond acceptors (Lipinski definition) is 5. The molecular weight excluding hydrogens is 408 g/mol. The Morgan fingerprint density at radius 3 is 2.93 bits per heavy atom. The third-order valence-corrected chi connectivity index (χ3v) is 6.75. The van der Waals surface area contributed by atoms with Gasteiger partial charge in [0.25, 0.3) is 5.91 Å². The van der Waals surface area contributed by atoms with Crippen LogP contribution in [0.15, 0.2) is 46.9 Å². The van der Waals surface area contributed by atoms with E-state index in [1.165, 1.54) is 11.3 Å². The number of nitrogens with zero attached hydrogens (tertiary/aromatic N) is 2. The number of carbonyl (C=O) groups excluding carboxylic acids is 1. The Hall–Kier alpha value is -2.41. The van der Waals surface area contributed by atoms with E-state index in [0.29, 0.717) is 28.0 Å². The number of carbonyl (C=O) groups is 1. The van der Waals surface area contributed by atoms with Gasteiger partial charge >= 0.3 is 0 Å². The lowest BCUT2D eigenvalue weighted by molar-refractivity contribution is 0.0896. The van der Waals surface area contributed by atoms with Crippen LogP contribution in [0.25, 0.3) is 21.2 Å². The molecule has 0 aliphatic carbocycles. The van der Waals surface area contributed by atoms with Crippen LogP contribution in [0.4, 0.5) is 5.13 Å². The summed E-state index contributed by atoms with van der Waals surface area (Å²) >= 11 is 7.82. The molecule has 2 aromatic heterocycles. The number of benzene rings is 2. The van der Waals surface area contributed by atoms with Gasteiger partial charge in [0.1, 0.15) is 5.58 Å². The standard InChI is InChI=1S/C22H19ClN2O3S/c1-13-8-9-16(23)20-19(13)24-22(29-20)25(12-15-6-4-10-27-15)21(26)18-11-14-5-2-3-7-17(14)28-18/h2-3,5,7-9,11,15H,4,6,10,12H2,1H3. The van der Waals surface area contributed by atoms with Crippen molar-refractivity contribution >= 4 is 55.2 Å². The van der Waals surface area contributed by atoms with Crippen LogP contribution in [-0.4, -0.2) is 30.1 Å². The fourth-order valence-corrected chi connectivity index (χ4v) is 4.99. The molecule has 0 saturated carbocycles. The summed E-state index contributed by atoms with van der Waals surface area (Å²) in [5.41, 5.74) is 2.54. The van der Waals surface area contributed by atoms with E-state index in [0.717, 1.165) is 40.6 Å². The summed E-state index contributed by atoms with van der Waals surface area (Å²) in [6.07, 6.45) is 1.92. The number of halogens is 1. The molecule has 0 spiro atoms. The van der Waals surface area contributed by atoms with Crippen molar-refractivity contribution in [2.45, 2.75) is 25.9 Å². The molecular formula is C22H19ClN2O3S. The van der Waals surface area contributed by atoms with E-state index in [2.05, 4.69) is 0 Å². The van der Waals surface area contributed by atoms with Crippen LogP contribution in [0.3, 0.4) is 0 Å². The van der Waals surface area contributed by atoms with Gasteiger partial charge in [0, 0.05) is 12.0 Å². The Morgan fingerprint density at radius 2 is 2.17 bits per heavy atom. The monoisotopic (exact) mass is 426 g/mol. The molecule has 2 aromatic carbocycles. The average molecular weight is 427 g/mol. The van der Waals surface area contributed by atoms with Crippen LogP contribution in [0.5, 0.6) is 0 Å². The number of ether oxygens (including phenoxy) is 1. The van der Waals surface area contributed by atoms with Crippen molar-refractivity contribution < 1.29 is 13.9 Å². The smallest absolute Gasteiger partial charge is 0.295 e. The summed E-state index contributed by atoms with van der Waals surface area (Å²) in [6, 6.07) is 13.2. The van der Waals surface area contributed by atoms with Crippen molar-refractivity contribution in [2.75, 3.05) is 18.1 Å². The number of furan rings is 1. The highest BCUT2D eigenvalue weighted by Crippen LogP contribution is 2.37. The maximum atomic E-state index is 13.5. The largest absolute Gasteiger partial charge is 0.451 e. The highest BCUT2D eigenvalue weighted by molar-refractivity contribution is 7.23. The fraction of sp³-hybridized carbons (Fsp3) is 0.273. The normalized spacial score (nSPS) is 16.7. The van der Waals surface area contributed by atoms with Crippen LogP contribution < -0.4 is 4.90 Å². The van der Waals surface area contributed by atoms with Gasteiger partial charge in [-0.3, -0.25) is 9.69 Å². The zero-order chi connectivity index (χ0) is 20.0. The fourth-order valence-electron chi connectivity index (χ4n) is 3.67. The van der Waals surface area contributed by atoms with E-state index in [-0.39, 0.29) is 12.0 Å². The number of rotatable bonds is 4. The van der Waals surface area contributed by atoms with E-state index < -0.39 is 0 Å². The van der Waals surface area contributed by atoms with Gasteiger partial charge in [0.2, 0.25) is 0 Å². The lowest BCUT2D eigenvalue weighted by Gasteiger charge is -2.22. The van der Waals surface area contributed by atoms with Crippen LogP contribution in [0.1, 0.15) is 29.0 Å². The van der Waals surface area contributed by atoms with E-state index in [1.54, 1.807) is 11.0 Å². The Labute approximate surface area is 176 Å². The highest BCUT2D eigenvalue weighted by atomic mass is 35.5. The molecule has 1 fully saturated rings. The Morgan fingerprint density at radius 1 is 1.31 bits per heavy atom. The van der Waals surface area contributed by atoms with Crippen molar-refractivity contribution in [3.05, 3.63) is 58.8 Å². The van der Waals surface area contributed by atoms with Crippen molar-refractivity contribution in [1.29, 1.82) is 0 Å². The first-order valence-electron chi connectivity index (χ1n) is 9.58. The predicted octanol–water partition coefficient (Wildman–Crippen LogP) is 5.83. The second-order valence-corrected chi connectivity index (χ2v) is 8.62. The summed E-state index contributed by atoms with van der Waals surface area (Å²) in [5.74, 6) is 0.0794. The van der Waals surface area contributed by atoms with Gasteiger partial charge in [-0.2, -0.15) is 0 Å². The molecule has 0 N–H and O–H groups in total. The van der Waals surface area contributed by atoms with Crippen LogP contribution in [-0.2, 0) is 4.74 Å². The van der Waals surface area contributed by atoms with Crippen molar-refractivity contribution in [3.63, 3.8) is 0 Å². The molecule has 1 atom stereocenters. The number of aryl methyl sites for hydroxylation is 1. The van der Waals surface area contributed by atoms with Crippen molar-refractivity contribution in [3.8, 4) is 0 Å². The Bertz CT molecular complexity index is 1140. The second kappa shape index (κ2) is 7.44. The second-order valence-electron chi connectivity index (χ2n) is 7.24. The molecule has 3 heterocycles. The summed E-state index contributed by atoms with van der Waals surface area (Å²) in [7, 11) is 0. The maximum absolute atomic E-state index is 13.5. The highest BCUT2D eigenvalue weighted by Gasteiger charge is 2.29. The van der Waals surface area contributed by atoms with Gasteiger partial charge in [-0.05, 0) is 43.5 Å². The first-order chi connectivity index (χ1) is 14.1. The van der Waals surface area contributed by atoms with Gasteiger partial charge < -0.3 is 9.15 Å². The van der Waals surface area contributed by atoms with Crippen LogP contribution in [0, 0.1) is 6.92 Å². The molecule has 7 heteroatoms. The number of fused-ring (bicyclic) bond motifs is 2. The summed E-state index contributed by atoms with van der Waals surface area (Å²) in [6.45, 7) is 3.15. The molecule has 4 aromatic rings. The van der Waals surface area contributed by atoms with Crippen LogP contribution >= 0.6 is 22.9 Å². The zero-order valence-corrected chi connectivity index (χ0v) is 17.4. The third-order valence-electron chi connectivity index (χ3n) is 5.21. The topological polar surface area (TPSA) is 55.6 Å². The zero-order valence-electron chi connectivity index (χ0n) is 15.9. The first-order valence-corrected chi connectivity index (χ1v) is 10.8. The van der Waals surface area contributed by atoms with E-state index >= 15 is 0 Å². The molecule has 148 valence electrons. The summed E-state index contributed by atoms with van der Waals surface area (Å²) < 4.78 is 12.5. The third kappa shape index (κ3) is 3.41. The van der Waals surface area contributed by atoms with Gasteiger partial charge in [0.05, 0.1) is 27.9 Å². The molecule has 1 aliphatic heterocycles. The van der Waals surface area contributed by atoms with E-state index in [9.17, 15) is 4.79 Å². The molecule has 0 bridgehead atoms. The number of para-hydroxylation sites is 1. The number of aromatic nitrogens is 1. The molecule has 1 saturated heterocycles. The van der Waals surface area contributed by atoms with Gasteiger partial charge in [-0.25, -0.2) is 4.98 Å². The predicted molar refractivity (Wildman–Crippen MR) is 116 cm³/mol. The average Bonchev–Trinajstić information content (AvgIpc) is 3.47. The summed E-state index contributed by atoms with van der Waals surface area (Å²) in [4.78, 5) is 19.9. The number of amides is 1. The minimum atomic E-state index is -0.218. The maximum Gasteiger partial charge on any atom is 0.295 e. The molecule has 1 amide bonds. The van der Waals surface area contributed by atoms with Crippen molar-refractivity contribution in [2.24, 2.45) is 0 Å². The van der Waals surface area contributed by atoms with E-state index in [4.69, 9.17) is 25.7 Å². The molecule has 0 radical (unpaired) electrons. The minimum absolute atomic E-state index is 0.00749. The first kappa shape index (κ1) is 18.6. The minimum Gasteiger partial charge on any atom is -0.451 e. The lowest BCUT2D eigenvalue weighted by atomic mass is 10.2. The quantitative estimate of drug-likeness (QED) is 0.412. The summed E-state index contributed by atoms with van der Waals surface area (Å²) in [5, 5.41) is 2.15. The molecule has 29 heavy (non-hydrogen) atoms. The number of hydrogen-bond donors (Lipinski definition) is 0. The Balaban J connectivity index is 1.58. The SMILES string of the molecule is Cc1ccc(Cl)c2sc(N(CC3CCCO3)C(=O)c3cc4ccccc4o3)nc12. The molecule has 1 unspecified atom stereocenters. The molecule has 1 aliphatic rings. The number of anilines is 1. The van der Waals surface area contributed by atoms with Crippen LogP contribution in [0.2, 0.25) is 5.02 Å². The Kier molecular flexibility index (Phi) is 4.78. The van der Waals surface area contributed by atoms with Gasteiger partial charge in [-0.1, -0.05) is 47.2 Å². The van der Waals surface area contributed by atoms with E-state index in [1.807, 2.05) is 43.3 Å².